The van der Waals surface area contributed by atoms with Gasteiger partial charge in [0.1, 0.15) is 16.6 Å². The normalized spacial score (nSPS) is 11.3. The number of amides is 1. The number of nitriles is 1. The predicted molar refractivity (Wildman–Crippen MR) is 87.1 cm³/mol. The first-order valence-corrected chi connectivity index (χ1v) is 7.70. The van der Waals surface area contributed by atoms with Gasteiger partial charge in [-0.25, -0.2) is 0 Å². The SMILES string of the molecule is CC(C)Cc1nnc(NC(=O)/C(C#N)=C\c2ccccc2)s1. The van der Waals surface area contributed by atoms with Crippen LogP contribution >= 0.6 is 11.3 Å². The smallest absolute Gasteiger partial charge is 0.268 e. The lowest BCUT2D eigenvalue weighted by molar-refractivity contribution is -0.112. The van der Waals surface area contributed by atoms with Gasteiger partial charge in [-0.15, -0.1) is 10.2 Å². The molecule has 112 valence electrons. The average Bonchev–Trinajstić information content (AvgIpc) is 2.92. The standard InChI is InChI=1S/C16H16N4OS/c1-11(2)8-14-19-20-16(22-14)18-15(21)13(10-17)9-12-6-4-3-5-7-12/h3-7,9,11H,8H2,1-2H3,(H,18,20,21)/b13-9-. The van der Waals surface area contributed by atoms with E-state index >= 15 is 0 Å². The van der Waals surface area contributed by atoms with Gasteiger partial charge in [-0.2, -0.15) is 5.26 Å². The molecule has 0 aliphatic heterocycles. The van der Waals surface area contributed by atoms with Crippen molar-refractivity contribution in [2.75, 3.05) is 5.32 Å². The minimum absolute atomic E-state index is 0.0341. The quantitative estimate of drug-likeness (QED) is 0.679. The van der Waals surface area contributed by atoms with Crippen LogP contribution in [0.4, 0.5) is 5.13 Å². The zero-order chi connectivity index (χ0) is 15.9. The molecule has 1 aromatic heterocycles. The van der Waals surface area contributed by atoms with Crippen molar-refractivity contribution < 1.29 is 4.79 Å². The van der Waals surface area contributed by atoms with E-state index in [9.17, 15) is 4.79 Å². The molecule has 0 aliphatic rings. The lowest BCUT2D eigenvalue weighted by Crippen LogP contribution is -2.13. The molecule has 1 N–H and O–H groups in total. The molecule has 0 aliphatic carbocycles. The van der Waals surface area contributed by atoms with Crippen LogP contribution in [0.15, 0.2) is 35.9 Å². The van der Waals surface area contributed by atoms with Gasteiger partial charge in [0.05, 0.1) is 0 Å². The molecule has 1 amide bonds. The Kier molecular flexibility index (Phi) is 5.39. The largest absolute Gasteiger partial charge is 0.296 e. The highest BCUT2D eigenvalue weighted by molar-refractivity contribution is 7.15. The molecule has 22 heavy (non-hydrogen) atoms. The third-order valence-electron chi connectivity index (χ3n) is 2.75. The fourth-order valence-corrected chi connectivity index (χ4v) is 2.71. The van der Waals surface area contributed by atoms with E-state index in [1.54, 1.807) is 6.08 Å². The summed E-state index contributed by atoms with van der Waals surface area (Å²) in [4.78, 5) is 12.1. The number of hydrogen-bond acceptors (Lipinski definition) is 5. The van der Waals surface area contributed by atoms with Gasteiger partial charge in [-0.1, -0.05) is 55.5 Å². The van der Waals surface area contributed by atoms with Crippen molar-refractivity contribution in [3.8, 4) is 6.07 Å². The topological polar surface area (TPSA) is 78.7 Å². The lowest BCUT2D eigenvalue weighted by atomic mass is 10.1. The molecule has 2 rings (SSSR count). The van der Waals surface area contributed by atoms with Crippen LogP contribution in [-0.2, 0) is 11.2 Å². The average molecular weight is 312 g/mol. The summed E-state index contributed by atoms with van der Waals surface area (Å²) in [6.07, 6.45) is 2.36. The summed E-state index contributed by atoms with van der Waals surface area (Å²) in [5.74, 6) is 0.00254. The zero-order valence-corrected chi connectivity index (χ0v) is 13.2. The van der Waals surface area contributed by atoms with Crippen molar-refractivity contribution in [3.63, 3.8) is 0 Å². The maximum absolute atomic E-state index is 12.1. The number of aromatic nitrogens is 2. The van der Waals surface area contributed by atoms with Crippen LogP contribution in [0.25, 0.3) is 6.08 Å². The highest BCUT2D eigenvalue weighted by Gasteiger charge is 2.13. The molecule has 0 atom stereocenters. The number of benzene rings is 1. The molecule has 0 radical (unpaired) electrons. The predicted octanol–water partition coefficient (Wildman–Crippen LogP) is 3.28. The number of carbonyl (C=O) groups excluding carboxylic acids is 1. The first-order chi connectivity index (χ1) is 10.6. The van der Waals surface area contributed by atoms with E-state index in [2.05, 4.69) is 29.4 Å². The second-order valence-electron chi connectivity index (χ2n) is 5.13. The molecule has 1 aromatic carbocycles. The summed E-state index contributed by atoms with van der Waals surface area (Å²) in [5.41, 5.74) is 0.832. The van der Waals surface area contributed by atoms with Gasteiger partial charge in [0.15, 0.2) is 0 Å². The molecule has 0 unspecified atom stereocenters. The monoisotopic (exact) mass is 312 g/mol. The van der Waals surface area contributed by atoms with Gasteiger partial charge < -0.3 is 0 Å². The Morgan fingerprint density at radius 1 is 1.36 bits per heavy atom. The number of rotatable bonds is 5. The number of nitrogens with one attached hydrogen (secondary N) is 1. The number of hydrogen-bond donors (Lipinski definition) is 1. The Morgan fingerprint density at radius 3 is 2.73 bits per heavy atom. The summed E-state index contributed by atoms with van der Waals surface area (Å²) in [6.45, 7) is 4.19. The second-order valence-corrected chi connectivity index (χ2v) is 6.20. The fourth-order valence-electron chi connectivity index (χ4n) is 1.76. The van der Waals surface area contributed by atoms with E-state index in [-0.39, 0.29) is 5.57 Å². The van der Waals surface area contributed by atoms with Crippen molar-refractivity contribution in [2.24, 2.45) is 5.92 Å². The van der Waals surface area contributed by atoms with Gasteiger partial charge in [0, 0.05) is 6.42 Å². The molecule has 0 fully saturated rings. The maximum Gasteiger partial charge on any atom is 0.268 e. The lowest BCUT2D eigenvalue weighted by Gasteiger charge is -2.00. The minimum atomic E-state index is -0.474. The molecule has 6 heteroatoms. The minimum Gasteiger partial charge on any atom is -0.296 e. The van der Waals surface area contributed by atoms with E-state index in [0.29, 0.717) is 11.0 Å². The van der Waals surface area contributed by atoms with E-state index < -0.39 is 5.91 Å². The fraction of sp³-hybridized carbons (Fsp3) is 0.250. The van der Waals surface area contributed by atoms with Crippen LogP contribution in [0, 0.1) is 17.2 Å². The van der Waals surface area contributed by atoms with Crippen LogP contribution in [0.1, 0.15) is 24.4 Å². The first kappa shape index (κ1) is 15.9. The van der Waals surface area contributed by atoms with Gasteiger partial charge >= 0.3 is 0 Å². The molecule has 0 spiro atoms. The van der Waals surface area contributed by atoms with Crippen molar-refractivity contribution >= 4 is 28.5 Å². The van der Waals surface area contributed by atoms with Crippen molar-refractivity contribution in [1.29, 1.82) is 5.26 Å². The summed E-state index contributed by atoms with van der Waals surface area (Å²) in [6, 6.07) is 11.1. The Balaban J connectivity index is 2.08. The van der Waals surface area contributed by atoms with Crippen molar-refractivity contribution in [3.05, 3.63) is 46.5 Å². The molecular formula is C16H16N4OS. The molecule has 5 nitrogen and oxygen atoms in total. The van der Waals surface area contributed by atoms with Crippen LogP contribution in [0.3, 0.4) is 0 Å². The van der Waals surface area contributed by atoms with Gasteiger partial charge in [0.2, 0.25) is 5.13 Å². The molecular weight excluding hydrogens is 296 g/mol. The Hall–Kier alpha value is -2.52. The maximum atomic E-state index is 12.1. The molecule has 1 heterocycles. The van der Waals surface area contributed by atoms with Crippen LogP contribution in [0.5, 0.6) is 0 Å². The highest BCUT2D eigenvalue weighted by Crippen LogP contribution is 2.19. The van der Waals surface area contributed by atoms with E-state index in [4.69, 9.17) is 5.26 Å². The number of anilines is 1. The van der Waals surface area contributed by atoms with Crippen LogP contribution in [-0.4, -0.2) is 16.1 Å². The van der Waals surface area contributed by atoms with Crippen LogP contribution in [0.2, 0.25) is 0 Å². The van der Waals surface area contributed by atoms with Gasteiger partial charge in [-0.05, 0) is 17.6 Å². The summed E-state index contributed by atoms with van der Waals surface area (Å²) in [5, 5.41) is 21.0. The van der Waals surface area contributed by atoms with Crippen molar-refractivity contribution in [1.82, 2.24) is 10.2 Å². The Labute approximate surface area is 133 Å². The van der Waals surface area contributed by atoms with E-state index in [1.807, 2.05) is 36.4 Å². The summed E-state index contributed by atoms with van der Waals surface area (Å²) < 4.78 is 0. The Morgan fingerprint density at radius 2 is 2.09 bits per heavy atom. The molecule has 0 saturated carbocycles. The van der Waals surface area contributed by atoms with Gasteiger partial charge in [0.25, 0.3) is 5.91 Å². The third kappa shape index (κ3) is 4.50. The Bertz CT molecular complexity index is 713. The van der Waals surface area contributed by atoms with E-state index in [0.717, 1.165) is 17.0 Å². The molecule has 0 saturated heterocycles. The van der Waals surface area contributed by atoms with Crippen LogP contribution < -0.4 is 5.32 Å². The highest BCUT2D eigenvalue weighted by atomic mass is 32.1. The van der Waals surface area contributed by atoms with Crippen molar-refractivity contribution in [2.45, 2.75) is 20.3 Å². The third-order valence-corrected chi connectivity index (χ3v) is 3.61. The summed E-state index contributed by atoms with van der Waals surface area (Å²) >= 11 is 1.33. The van der Waals surface area contributed by atoms with Gasteiger partial charge in [-0.3, -0.25) is 10.1 Å². The van der Waals surface area contributed by atoms with E-state index in [1.165, 1.54) is 11.3 Å². The zero-order valence-electron chi connectivity index (χ0n) is 12.4. The number of nitrogens with zero attached hydrogens (tertiary/aromatic N) is 3. The second kappa shape index (κ2) is 7.48. The number of carbonyl (C=O) groups is 1. The molecule has 0 bridgehead atoms. The summed E-state index contributed by atoms with van der Waals surface area (Å²) in [7, 11) is 0. The first-order valence-electron chi connectivity index (χ1n) is 6.89. The molecule has 2 aromatic rings.